The van der Waals surface area contributed by atoms with Crippen LogP contribution in [-0.4, -0.2) is 23.2 Å². The Hall–Kier alpha value is -0.470. The monoisotopic (exact) mass is 240 g/mol. The Morgan fingerprint density at radius 1 is 0.875 bits per heavy atom. The molecule has 0 saturated carbocycles. The predicted molar refractivity (Wildman–Crippen MR) is 76.0 cm³/mol. The molecule has 0 amide bonds. The molecule has 0 aromatic rings. The van der Waals surface area contributed by atoms with Crippen molar-refractivity contribution in [2.45, 2.75) is 32.6 Å². The number of aliphatic hydroxyl groups excluding tert-OH is 1. The number of hydrogen-bond donors (Lipinski definition) is 1. The van der Waals surface area contributed by atoms with Gasteiger partial charge in [-0.05, 0) is 32.6 Å². The highest BCUT2D eigenvalue weighted by Crippen LogP contribution is 2.01. The molecule has 0 rings (SSSR count). The standard InChI is InChI=1S/C14H24OS/c1-2-3-4-5-6-7-8-9-10-11-13-16-14-12-15/h2-3,6-7,10-11,15H,4-5,8-9,12-14H2,1H3/b3-2+,7-6+,11-10+. The molecule has 1 nitrogen and oxygen atoms in total. The van der Waals surface area contributed by atoms with Gasteiger partial charge in [0.25, 0.3) is 0 Å². The SMILES string of the molecule is C/C=C/CC/C=C/CC/C=C/CSCCO. The van der Waals surface area contributed by atoms with Gasteiger partial charge in [0.15, 0.2) is 0 Å². The first kappa shape index (κ1) is 15.5. The minimum absolute atomic E-state index is 0.285. The van der Waals surface area contributed by atoms with E-state index in [2.05, 4.69) is 43.4 Å². The first-order valence-electron chi connectivity index (χ1n) is 6.01. The number of hydrogen-bond acceptors (Lipinski definition) is 2. The third-order valence-electron chi connectivity index (χ3n) is 2.02. The van der Waals surface area contributed by atoms with Gasteiger partial charge in [0.2, 0.25) is 0 Å². The van der Waals surface area contributed by atoms with Crippen LogP contribution in [0.3, 0.4) is 0 Å². The smallest absolute Gasteiger partial charge is 0.0521 e. The van der Waals surface area contributed by atoms with Crippen molar-refractivity contribution >= 4 is 11.8 Å². The molecule has 1 N–H and O–H groups in total. The van der Waals surface area contributed by atoms with Gasteiger partial charge in [0.05, 0.1) is 6.61 Å². The van der Waals surface area contributed by atoms with Crippen molar-refractivity contribution in [3.63, 3.8) is 0 Å². The Morgan fingerprint density at radius 2 is 1.44 bits per heavy atom. The number of rotatable bonds is 10. The quantitative estimate of drug-likeness (QED) is 0.461. The van der Waals surface area contributed by atoms with E-state index in [4.69, 9.17) is 5.11 Å². The zero-order valence-corrected chi connectivity index (χ0v) is 11.1. The van der Waals surface area contributed by atoms with Crippen LogP contribution in [0.2, 0.25) is 0 Å². The van der Waals surface area contributed by atoms with E-state index in [-0.39, 0.29) is 6.61 Å². The van der Waals surface area contributed by atoms with Crippen LogP contribution < -0.4 is 0 Å². The summed E-state index contributed by atoms with van der Waals surface area (Å²) in [7, 11) is 0. The third kappa shape index (κ3) is 13.5. The zero-order valence-electron chi connectivity index (χ0n) is 10.3. The van der Waals surface area contributed by atoms with Crippen LogP contribution in [0.15, 0.2) is 36.5 Å². The molecule has 0 bridgehead atoms. The molecule has 0 fully saturated rings. The highest BCUT2D eigenvalue weighted by Gasteiger charge is 1.82. The molecule has 0 atom stereocenters. The third-order valence-corrected chi connectivity index (χ3v) is 2.92. The molecular formula is C14H24OS. The number of thioether (sulfide) groups is 1. The molecule has 0 aliphatic heterocycles. The van der Waals surface area contributed by atoms with Crippen LogP contribution in [-0.2, 0) is 0 Å². The van der Waals surface area contributed by atoms with Gasteiger partial charge >= 0.3 is 0 Å². The molecule has 16 heavy (non-hydrogen) atoms. The van der Waals surface area contributed by atoms with Gasteiger partial charge in [0, 0.05) is 11.5 Å². The van der Waals surface area contributed by atoms with Gasteiger partial charge in [-0.15, -0.1) is 0 Å². The van der Waals surface area contributed by atoms with E-state index in [1.807, 2.05) is 0 Å². The lowest BCUT2D eigenvalue weighted by atomic mass is 10.2. The second-order valence-corrected chi connectivity index (χ2v) is 4.61. The summed E-state index contributed by atoms with van der Waals surface area (Å²) in [6.07, 6.45) is 17.8. The van der Waals surface area contributed by atoms with Crippen molar-refractivity contribution < 1.29 is 5.11 Å². The van der Waals surface area contributed by atoms with Crippen molar-refractivity contribution in [2.75, 3.05) is 18.1 Å². The molecular weight excluding hydrogens is 216 g/mol. The normalized spacial score (nSPS) is 12.4. The van der Waals surface area contributed by atoms with Crippen LogP contribution in [0, 0.1) is 0 Å². The van der Waals surface area contributed by atoms with Crippen LogP contribution in [0.1, 0.15) is 32.6 Å². The molecule has 0 aliphatic carbocycles. The van der Waals surface area contributed by atoms with Crippen molar-refractivity contribution in [3.8, 4) is 0 Å². The molecule has 0 heterocycles. The first-order chi connectivity index (χ1) is 7.91. The Morgan fingerprint density at radius 3 is 2.00 bits per heavy atom. The Kier molecular flexibility index (Phi) is 14.1. The number of allylic oxidation sites excluding steroid dienone is 5. The second-order valence-electron chi connectivity index (χ2n) is 3.47. The van der Waals surface area contributed by atoms with Crippen LogP contribution in [0.5, 0.6) is 0 Å². The van der Waals surface area contributed by atoms with Crippen LogP contribution in [0.25, 0.3) is 0 Å². The van der Waals surface area contributed by atoms with Gasteiger partial charge in [-0.25, -0.2) is 0 Å². The summed E-state index contributed by atoms with van der Waals surface area (Å²) >= 11 is 1.77. The van der Waals surface area contributed by atoms with Crippen molar-refractivity contribution in [2.24, 2.45) is 0 Å². The lowest BCUT2D eigenvalue weighted by Gasteiger charge is -1.92. The molecule has 0 aliphatic rings. The first-order valence-corrected chi connectivity index (χ1v) is 7.17. The molecule has 92 valence electrons. The van der Waals surface area contributed by atoms with E-state index in [0.717, 1.165) is 37.2 Å². The summed E-state index contributed by atoms with van der Waals surface area (Å²) in [5.74, 6) is 1.86. The van der Waals surface area contributed by atoms with Crippen molar-refractivity contribution in [3.05, 3.63) is 36.5 Å². The fourth-order valence-electron chi connectivity index (χ4n) is 1.19. The van der Waals surface area contributed by atoms with Crippen LogP contribution in [0.4, 0.5) is 0 Å². The fraction of sp³-hybridized carbons (Fsp3) is 0.571. The average Bonchev–Trinajstić information content (AvgIpc) is 2.31. The predicted octanol–water partition coefficient (Wildman–Crippen LogP) is 3.96. The summed E-state index contributed by atoms with van der Waals surface area (Å²) in [4.78, 5) is 0. The Labute approximate surface area is 104 Å². The molecule has 0 radical (unpaired) electrons. The highest BCUT2D eigenvalue weighted by molar-refractivity contribution is 7.99. The molecule has 0 unspecified atom stereocenters. The molecule has 2 heteroatoms. The Balaban J connectivity index is 3.18. The highest BCUT2D eigenvalue weighted by atomic mass is 32.2. The lowest BCUT2D eigenvalue weighted by Crippen LogP contribution is -1.85. The van der Waals surface area contributed by atoms with E-state index >= 15 is 0 Å². The molecule has 0 saturated heterocycles. The molecule has 0 aromatic carbocycles. The van der Waals surface area contributed by atoms with E-state index in [9.17, 15) is 0 Å². The average molecular weight is 240 g/mol. The lowest BCUT2D eigenvalue weighted by molar-refractivity contribution is 0.322. The van der Waals surface area contributed by atoms with E-state index in [1.54, 1.807) is 11.8 Å². The Bertz CT molecular complexity index is 207. The van der Waals surface area contributed by atoms with Gasteiger partial charge in [-0.2, -0.15) is 11.8 Å². The maximum absolute atomic E-state index is 8.57. The summed E-state index contributed by atoms with van der Waals surface area (Å²) in [6, 6.07) is 0. The van der Waals surface area contributed by atoms with E-state index in [0.29, 0.717) is 0 Å². The van der Waals surface area contributed by atoms with E-state index < -0.39 is 0 Å². The van der Waals surface area contributed by atoms with Gasteiger partial charge in [0.1, 0.15) is 0 Å². The number of unbranched alkanes of at least 4 members (excludes halogenated alkanes) is 2. The van der Waals surface area contributed by atoms with Gasteiger partial charge < -0.3 is 5.11 Å². The topological polar surface area (TPSA) is 20.2 Å². The largest absolute Gasteiger partial charge is 0.396 e. The fourth-order valence-corrected chi connectivity index (χ4v) is 1.76. The summed E-state index contributed by atoms with van der Waals surface area (Å²) in [5, 5.41) is 8.57. The summed E-state index contributed by atoms with van der Waals surface area (Å²) < 4.78 is 0. The van der Waals surface area contributed by atoms with E-state index in [1.165, 1.54) is 0 Å². The summed E-state index contributed by atoms with van der Waals surface area (Å²) in [5.41, 5.74) is 0. The maximum atomic E-state index is 8.57. The van der Waals surface area contributed by atoms with Gasteiger partial charge in [-0.1, -0.05) is 36.5 Å². The second kappa shape index (κ2) is 14.5. The van der Waals surface area contributed by atoms with Crippen LogP contribution >= 0.6 is 11.8 Å². The van der Waals surface area contributed by atoms with Crippen molar-refractivity contribution in [1.29, 1.82) is 0 Å². The molecule has 0 aromatic heterocycles. The van der Waals surface area contributed by atoms with Crippen molar-refractivity contribution in [1.82, 2.24) is 0 Å². The summed E-state index contributed by atoms with van der Waals surface area (Å²) in [6.45, 7) is 2.34. The number of aliphatic hydroxyl groups is 1. The minimum atomic E-state index is 0.285. The maximum Gasteiger partial charge on any atom is 0.0521 e. The van der Waals surface area contributed by atoms with Gasteiger partial charge in [-0.3, -0.25) is 0 Å². The molecule has 0 spiro atoms. The minimum Gasteiger partial charge on any atom is -0.396 e. The zero-order chi connectivity index (χ0) is 11.9.